The van der Waals surface area contributed by atoms with Crippen molar-refractivity contribution in [2.24, 2.45) is 0 Å². The molecule has 1 rings (SSSR count). The first-order valence-electron chi connectivity index (χ1n) is 4.45. The zero-order valence-corrected chi connectivity index (χ0v) is 8.78. The number of amides is 1. The van der Waals surface area contributed by atoms with Crippen molar-refractivity contribution in [3.05, 3.63) is 0 Å². The van der Waals surface area contributed by atoms with Gasteiger partial charge in [-0.05, 0) is 27.7 Å². The maximum atomic E-state index is 12.7. The van der Waals surface area contributed by atoms with Crippen molar-refractivity contribution in [2.45, 2.75) is 51.2 Å². The van der Waals surface area contributed by atoms with Crippen molar-refractivity contribution in [1.29, 1.82) is 0 Å². The SMILES string of the molecule is CC(C)(C)OC(=O)N[C@]1(C)CC1(F)F. The lowest BCUT2D eigenvalue weighted by atomic mass is 10.2. The van der Waals surface area contributed by atoms with Gasteiger partial charge in [0.05, 0.1) is 0 Å². The number of nitrogens with one attached hydrogen (secondary N) is 1. The van der Waals surface area contributed by atoms with E-state index in [9.17, 15) is 13.6 Å². The van der Waals surface area contributed by atoms with Crippen LogP contribution in [0.5, 0.6) is 0 Å². The highest BCUT2D eigenvalue weighted by Crippen LogP contribution is 2.52. The van der Waals surface area contributed by atoms with E-state index < -0.39 is 23.2 Å². The number of carbonyl (C=O) groups is 1. The zero-order valence-electron chi connectivity index (χ0n) is 8.78. The van der Waals surface area contributed by atoms with Crippen molar-refractivity contribution >= 4 is 6.09 Å². The first kappa shape index (κ1) is 11.2. The van der Waals surface area contributed by atoms with Gasteiger partial charge >= 0.3 is 6.09 Å². The molecule has 1 atom stereocenters. The smallest absolute Gasteiger partial charge is 0.408 e. The quantitative estimate of drug-likeness (QED) is 0.716. The molecule has 1 fully saturated rings. The van der Waals surface area contributed by atoms with E-state index in [1.54, 1.807) is 20.8 Å². The average Bonchev–Trinajstić information content (AvgIpc) is 2.22. The van der Waals surface area contributed by atoms with Crippen LogP contribution < -0.4 is 5.32 Å². The summed E-state index contributed by atoms with van der Waals surface area (Å²) in [5.41, 5.74) is -2.08. The highest BCUT2D eigenvalue weighted by atomic mass is 19.3. The number of ether oxygens (including phenoxy) is 1. The molecular formula is C9H15F2NO2. The Labute approximate surface area is 81.8 Å². The fraction of sp³-hybridized carbons (Fsp3) is 0.889. The molecule has 0 heterocycles. The highest BCUT2D eigenvalue weighted by molar-refractivity contribution is 5.69. The van der Waals surface area contributed by atoms with E-state index in [0.29, 0.717) is 0 Å². The van der Waals surface area contributed by atoms with Crippen LogP contribution in [0.4, 0.5) is 13.6 Å². The largest absolute Gasteiger partial charge is 0.444 e. The summed E-state index contributed by atoms with van der Waals surface area (Å²) >= 11 is 0. The lowest BCUT2D eigenvalue weighted by Crippen LogP contribution is -2.42. The van der Waals surface area contributed by atoms with E-state index >= 15 is 0 Å². The van der Waals surface area contributed by atoms with Gasteiger partial charge < -0.3 is 10.1 Å². The van der Waals surface area contributed by atoms with Crippen molar-refractivity contribution in [3.8, 4) is 0 Å². The minimum absolute atomic E-state index is 0.320. The predicted octanol–water partition coefficient (Wildman–Crippen LogP) is 2.31. The van der Waals surface area contributed by atoms with Crippen LogP contribution in [-0.2, 0) is 4.74 Å². The fourth-order valence-corrected chi connectivity index (χ4v) is 1.06. The molecule has 1 aliphatic carbocycles. The number of alkyl halides is 2. The monoisotopic (exact) mass is 207 g/mol. The van der Waals surface area contributed by atoms with Crippen LogP contribution in [0.3, 0.4) is 0 Å². The van der Waals surface area contributed by atoms with E-state index in [-0.39, 0.29) is 6.42 Å². The van der Waals surface area contributed by atoms with Gasteiger partial charge in [0.15, 0.2) is 0 Å². The Kier molecular flexibility index (Phi) is 2.25. The Morgan fingerprint density at radius 2 is 1.86 bits per heavy atom. The van der Waals surface area contributed by atoms with E-state index in [4.69, 9.17) is 4.74 Å². The Hall–Kier alpha value is -0.870. The Bertz CT molecular complexity index is 260. The van der Waals surface area contributed by atoms with Crippen LogP contribution in [0.15, 0.2) is 0 Å². The first-order valence-corrected chi connectivity index (χ1v) is 4.45. The molecule has 0 aliphatic heterocycles. The number of carbonyl (C=O) groups excluding carboxylic acids is 1. The van der Waals surface area contributed by atoms with Gasteiger partial charge in [-0.15, -0.1) is 0 Å². The van der Waals surface area contributed by atoms with Gasteiger partial charge in [0.25, 0.3) is 5.92 Å². The van der Waals surface area contributed by atoms with Crippen LogP contribution >= 0.6 is 0 Å². The average molecular weight is 207 g/mol. The third-order valence-electron chi connectivity index (χ3n) is 2.03. The van der Waals surface area contributed by atoms with Crippen LogP contribution in [0.25, 0.3) is 0 Å². The summed E-state index contributed by atoms with van der Waals surface area (Å²) in [4.78, 5) is 11.1. The normalized spacial score (nSPS) is 29.6. The van der Waals surface area contributed by atoms with Gasteiger partial charge in [-0.25, -0.2) is 13.6 Å². The molecule has 0 saturated heterocycles. The van der Waals surface area contributed by atoms with Gasteiger partial charge in [0.1, 0.15) is 11.1 Å². The number of rotatable bonds is 1. The number of hydrogen-bond donors (Lipinski definition) is 1. The van der Waals surface area contributed by atoms with Gasteiger partial charge in [0, 0.05) is 6.42 Å². The first-order chi connectivity index (χ1) is 6.06. The highest BCUT2D eigenvalue weighted by Gasteiger charge is 2.69. The van der Waals surface area contributed by atoms with Crippen molar-refractivity contribution < 1.29 is 18.3 Å². The zero-order chi connectivity index (χ0) is 11.2. The summed E-state index contributed by atoms with van der Waals surface area (Å²) in [5, 5.41) is 2.17. The molecular weight excluding hydrogens is 192 g/mol. The molecule has 14 heavy (non-hydrogen) atoms. The Balaban J connectivity index is 2.44. The fourth-order valence-electron chi connectivity index (χ4n) is 1.06. The van der Waals surface area contributed by atoms with Crippen molar-refractivity contribution in [3.63, 3.8) is 0 Å². The molecule has 0 spiro atoms. The molecule has 0 aromatic carbocycles. The molecule has 0 radical (unpaired) electrons. The maximum absolute atomic E-state index is 12.7. The second-order valence-electron chi connectivity index (χ2n) is 4.84. The summed E-state index contributed by atoms with van der Waals surface area (Å²) in [7, 11) is 0. The minimum atomic E-state index is -2.80. The van der Waals surface area contributed by atoms with Crippen LogP contribution in [0, 0.1) is 0 Å². The molecule has 1 amide bonds. The van der Waals surface area contributed by atoms with Crippen LogP contribution in [-0.4, -0.2) is 23.2 Å². The van der Waals surface area contributed by atoms with E-state index in [1.165, 1.54) is 6.92 Å². The van der Waals surface area contributed by atoms with Gasteiger partial charge in [-0.2, -0.15) is 0 Å². The van der Waals surface area contributed by atoms with Crippen molar-refractivity contribution in [2.75, 3.05) is 0 Å². The summed E-state index contributed by atoms with van der Waals surface area (Å²) in [6, 6.07) is 0. The summed E-state index contributed by atoms with van der Waals surface area (Å²) < 4.78 is 30.3. The van der Waals surface area contributed by atoms with E-state index in [0.717, 1.165) is 0 Å². The molecule has 5 heteroatoms. The van der Waals surface area contributed by atoms with Gasteiger partial charge in [-0.3, -0.25) is 0 Å². The molecule has 1 N–H and O–H groups in total. The third kappa shape index (κ3) is 2.33. The molecule has 3 nitrogen and oxygen atoms in total. The molecule has 1 aliphatic rings. The van der Waals surface area contributed by atoms with E-state index in [1.807, 2.05) is 0 Å². The second kappa shape index (κ2) is 2.81. The van der Waals surface area contributed by atoms with Gasteiger partial charge in [-0.1, -0.05) is 0 Å². The molecule has 82 valence electrons. The Morgan fingerprint density at radius 1 is 1.43 bits per heavy atom. The van der Waals surface area contributed by atoms with Crippen molar-refractivity contribution in [1.82, 2.24) is 5.32 Å². The number of hydrogen-bond acceptors (Lipinski definition) is 2. The molecule has 1 saturated carbocycles. The van der Waals surface area contributed by atoms with Gasteiger partial charge in [0.2, 0.25) is 0 Å². The van der Waals surface area contributed by atoms with Crippen LogP contribution in [0.2, 0.25) is 0 Å². The lowest BCUT2D eigenvalue weighted by Gasteiger charge is -2.21. The third-order valence-corrected chi connectivity index (χ3v) is 2.03. The summed E-state index contributed by atoms with van der Waals surface area (Å²) in [5.74, 6) is -2.80. The Morgan fingerprint density at radius 3 is 2.14 bits per heavy atom. The predicted molar refractivity (Wildman–Crippen MR) is 47.3 cm³/mol. The lowest BCUT2D eigenvalue weighted by molar-refractivity contribution is 0.0385. The molecule has 0 bridgehead atoms. The standard InChI is InChI=1S/C9H15F2NO2/c1-7(2,3)14-6(13)12-8(4)5-9(8,10)11/h5H2,1-4H3,(H,12,13)/t8-/m1/s1. The van der Waals surface area contributed by atoms with Crippen LogP contribution in [0.1, 0.15) is 34.1 Å². The molecule has 0 unspecified atom stereocenters. The van der Waals surface area contributed by atoms with E-state index in [2.05, 4.69) is 5.32 Å². The second-order valence-corrected chi connectivity index (χ2v) is 4.84. The summed E-state index contributed by atoms with van der Waals surface area (Å²) in [6.07, 6.45) is -1.11. The minimum Gasteiger partial charge on any atom is -0.444 e. The molecule has 0 aromatic rings. The topological polar surface area (TPSA) is 38.3 Å². The number of halogens is 2. The number of alkyl carbamates (subject to hydrolysis) is 1. The maximum Gasteiger partial charge on any atom is 0.408 e. The molecule has 0 aromatic heterocycles. The summed E-state index contributed by atoms with van der Waals surface area (Å²) in [6.45, 7) is 6.34.